The number of fused-ring (bicyclic) bond motifs is 2. The van der Waals surface area contributed by atoms with Crippen LogP contribution in [0.4, 0.5) is 5.13 Å². The molecule has 5 rings (SSSR count). The van der Waals surface area contributed by atoms with Gasteiger partial charge in [0.1, 0.15) is 6.54 Å². The first-order valence-corrected chi connectivity index (χ1v) is 12.4. The first-order chi connectivity index (χ1) is 16.5. The average molecular weight is 481 g/mol. The summed E-state index contributed by atoms with van der Waals surface area (Å²) in [4.78, 5) is 35.0. The molecule has 2 aromatic heterocycles. The van der Waals surface area contributed by atoms with Crippen LogP contribution in [0, 0.1) is 13.8 Å². The zero-order valence-electron chi connectivity index (χ0n) is 19.5. The van der Waals surface area contributed by atoms with Crippen molar-refractivity contribution >= 4 is 43.7 Å². The van der Waals surface area contributed by atoms with Gasteiger partial charge in [-0.2, -0.15) is 0 Å². The number of ether oxygens (including phenoxy) is 1. The summed E-state index contributed by atoms with van der Waals surface area (Å²) in [6.07, 6.45) is 0.806. The van der Waals surface area contributed by atoms with Gasteiger partial charge in [-0.05, 0) is 43.5 Å². The Hall–Kier alpha value is -3.01. The molecule has 2 aromatic carbocycles. The van der Waals surface area contributed by atoms with Gasteiger partial charge in [0.05, 0.1) is 28.9 Å². The number of oxazole rings is 1. The Morgan fingerprint density at radius 2 is 1.88 bits per heavy atom. The van der Waals surface area contributed by atoms with Crippen LogP contribution in [0.1, 0.15) is 17.5 Å². The number of benzene rings is 2. The normalized spacial score (nSPS) is 14.8. The number of anilines is 1. The van der Waals surface area contributed by atoms with Crippen LogP contribution in [-0.4, -0.2) is 59.8 Å². The van der Waals surface area contributed by atoms with Gasteiger partial charge in [0.25, 0.3) is 0 Å². The van der Waals surface area contributed by atoms with E-state index in [1.807, 2.05) is 13.0 Å². The smallest absolute Gasteiger partial charge is 0.408 e. The van der Waals surface area contributed by atoms with Crippen LogP contribution < -0.4 is 10.7 Å². The molecule has 3 heterocycles. The molecular weight excluding hydrogens is 452 g/mol. The Kier molecular flexibility index (Phi) is 6.49. The summed E-state index contributed by atoms with van der Waals surface area (Å²) < 4.78 is 13.3. The monoisotopic (exact) mass is 480 g/mol. The third-order valence-corrected chi connectivity index (χ3v) is 7.50. The summed E-state index contributed by atoms with van der Waals surface area (Å²) in [6.45, 7) is 8.71. The van der Waals surface area contributed by atoms with Crippen LogP contribution in [-0.2, 0) is 16.1 Å². The number of thiazole rings is 1. The number of amides is 1. The zero-order chi connectivity index (χ0) is 23.7. The molecule has 4 aromatic rings. The Morgan fingerprint density at radius 1 is 1.12 bits per heavy atom. The van der Waals surface area contributed by atoms with E-state index in [2.05, 4.69) is 24.0 Å². The molecule has 1 saturated heterocycles. The highest BCUT2D eigenvalue weighted by Gasteiger charge is 2.23. The Morgan fingerprint density at radius 3 is 2.68 bits per heavy atom. The zero-order valence-corrected chi connectivity index (χ0v) is 20.3. The van der Waals surface area contributed by atoms with Gasteiger partial charge >= 0.3 is 5.76 Å². The molecule has 0 radical (unpaired) electrons. The van der Waals surface area contributed by atoms with Crippen molar-refractivity contribution in [2.24, 2.45) is 0 Å². The number of para-hydroxylation sites is 2. The third kappa shape index (κ3) is 4.51. The topological polar surface area (TPSA) is 80.8 Å². The average Bonchev–Trinajstić information content (AvgIpc) is 3.42. The predicted octanol–water partition coefficient (Wildman–Crippen LogP) is 3.58. The molecule has 1 aliphatic heterocycles. The van der Waals surface area contributed by atoms with E-state index < -0.39 is 5.76 Å². The first kappa shape index (κ1) is 22.8. The molecule has 178 valence electrons. The predicted molar refractivity (Wildman–Crippen MR) is 134 cm³/mol. The highest BCUT2D eigenvalue weighted by atomic mass is 32.1. The van der Waals surface area contributed by atoms with E-state index in [4.69, 9.17) is 14.1 Å². The van der Waals surface area contributed by atoms with Gasteiger partial charge in [0, 0.05) is 26.2 Å². The Balaban J connectivity index is 1.43. The first-order valence-electron chi connectivity index (χ1n) is 11.6. The summed E-state index contributed by atoms with van der Waals surface area (Å²) in [7, 11) is 0. The second kappa shape index (κ2) is 9.69. The van der Waals surface area contributed by atoms with Gasteiger partial charge in [-0.15, -0.1) is 0 Å². The van der Waals surface area contributed by atoms with Gasteiger partial charge in [-0.3, -0.25) is 19.2 Å². The van der Waals surface area contributed by atoms with E-state index in [-0.39, 0.29) is 12.5 Å². The molecule has 0 N–H and O–H groups in total. The fourth-order valence-electron chi connectivity index (χ4n) is 4.35. The van der Waals surface area contributed by atoms with Crippen LogP contribution in [0.25, 0.3) is 21.3 Å². The maximum absolute atomic E-state index is 13.6. The number of hydrogen-bond acceptors (Lipinski definition) is 7. The van der Waals surface area contributed by atoms with Crippen molar-refractivity contribution in [1.82, 2.24) is 14.5 Å². The number of rotatable bonds is 7. The number of hydrogen-bond donors (Lipinski definition) is 0. The lowest BCUT2D eigenvalue weighted by molar-refractivity contribution is -0.119. The Bertz CT molecular complexity index is 1340. The maximum Gasteiger partial charge on any atom is 0.420 e. The second-order valence-electron chi connectivity index (χ2n) is 8.65. The van der Waals surface area contributed by atoms with E-state index in [1.54, 1.807) is 23.1 Å². The molecular formula is C25H28N4O4S. The van der Waals surface area contributed by atoms with Crippen molar-refractivity contribution in [2.45, 2.75) is 26.8 Å². The lowest BCUT2D eigenvalue weighted by Gasteiger charge is -2.27. The van der Waals surface area contributed by atoms with Crippen molar-refractivity contribution in [3.8, 4) is 0 Å². The van der Waals surface area contributed by atoms with E-state index in [0.717, 1.165) is 60.6 Å². The van der Waals surface area contributed by atoms with Gasteiger partial charge in [-0.1, -0.05) is 35.6 Å². The van der Waals surface area contributed by atoms with Gasteiger partial charge < -0.3 is 9.15 Å². The molecule has 0 unspecified atom stereocenters. The minimum Gasteiger partial charge on any atom is -0.408 e. The van der Waals surface area contributed by atoms with E-state index >= 15 is 0 Å². The van der Waals surface area contributed by atoms with Crippen molar-refractivity contribution < 1.29 is 13.9 Å². The van der Waals surface area contributed by atoms with Crippen LogP contribution in [0.5, 0.6) is 0 Å². The van der Waals surface area contributed by atoms with E-state index in [1.165, 1.54) is 15.9 Å². The van der Waals surface area contributed by atoms with Gasteiger partial charge in [-0.25, -0.2) is 9.78 Å². The molecule has 0 saturated carbocycles. The second-order valence-corrected chi connectivity index (χ2v) is 9.63. The van der Waals surface area contributed by atoms with Crippen molar-refractivity contribution in [1.29, 1.82) is 0 Å². The maximum atomic E-state index is 13.6. The number of aromatic nitrogens is 2. The minimum absolute atomic E-state index is 0.0959. The standard InChI is InChI=1S/C25H28N4O4S/c1-17-8-9-18(2)23-22(17)26-24(34-23)28(11-5-10-27-12-14-32-15-13-27)21(30)16-29-19-6-3-4-7-20(19)33-25(29)31/h3-4,6-9H,5,10-16H2,1-2H3. The molecule has 1 fully saturated rings. The van der Waals surface area contributed by atoms with Gasteiger partial charge in [0.15, 0.2) is 10.7 Å². The number of morpholine rings is 1. The summed E-state index contributed by atoms with van der Waals surface area (Å²) in [6, 6.07) is 11.3. The minimum atomic E-state index is -0.529. The lowest BCUT2D eigenvalue weighted by Crippen LogP contribution is -2.40. The van der Waals surface area contributed by atoms with Crippen molar-refractivity contribution in [3.05, 3.63) is 58.1 Å². The SMILES string of the molecule is Cc1ccc(C)c2sc(N(CCCN3CCOCC3)C(=O)Cn3c(=O)oc4ccccc43)nc12. The van der Waals surface area contributed by atoms with E-state index in [0.29, 0.717) is 22.8 Å². The summed E-state index contributed by atoms with van der Waals surface area (Å²) in [5.74, 6) is -0.705. The summed E-state index contributed by atoms with van der Waals surface area (Å²) >= 11 is 1.53. The van der Waals surface area contributed by atoms with Crippen LogP contribution >= 0.6 is 11.3 Å². The quantitative estimate of drug-likeness (QED) is 0.402. The number of carbonyl (C=O) groups excluding carboxylic acids is 1. The molecule has 8 nitrogen and oxygen atoms in total. The van der Waals surface area contributed by atoms with Crippen LogP contribution in [0.3, 0.4) is 0 Å². The molecule has 0 aliphatic carbocycles. The number of nitrogens with zero attached hydrogens (tertiary/aromatic N) is 4. The Labute approximate surface area is 201 Å². The van der Waals surface area contributed by atoms with Gasteiger partial charge in [0.2, 0.25) is 5.91 Å². The third-order valence-electron chi connectivity index (χ3n) is 6.29. The fourth-order valence-corrected chi connectivity index (χ4v) is 5.51. The highest BCUT2D eigenvalue weighted by Crippen LogP contribution is 2.33. The number of carbonyl (C=O) groups is 1. The molecule has 1 aliphatic rings. The molecule has 0 atom stereocenters. The molecule has 9 heteroatoms. The van der Waals surface area contributed by atoms with Crippen molar-refractivity contribution in [2.75, 3.05) is 44.3 Å². The summed E-state index contributed by atoms with van der Waals surface area (Å²) in [5, 5.41) is 0.667. The molecule has 0 spiro atoms. The number of aryl methyl sites for hydroxylation is 2. The molecule has 1 amide bonds. The fraction of sp³-hybridized carbons (Fsp3) is 0.400. The highest BCUT2D eigenvalue weighted by molar-refractivity contribution is 7.22. The van der Waals surface area contributed by atoms with Crippen LogP contribution in [0.2, 0.25) is 0 Å². The van der Waals surface area contributed by atoms with Crippen molar-refractivity contribution in [3.63, 3.8) is 0 Å². The van der Waals surface area contributed by atoms with Crippen LogP contribution in [0.15, 0.2) is 45.6 Å². The van der Waals surface area contributed by atoms with E-state index in [9.17, 15) is 9.59 Å². The molecule has 34 heavy (non-hydrogen) atoms. The largest absolute Gasteiger partial charge is 0.420 e. The lowest BCUT2D eigenvalue weighted by atomic mass is 10.1. The molecule has 0 bridgehead atoms. The summed E-state index contributed by atoms with van der Waals surface area (Å²) in [5.41, 5.74) is 4.25.